The van der Waals surface area contributed by atoms with Crippen LogP contribution in [0.3, 0.4) is 0 Å². The first-order valence-electron chi connectivity index (χ1n) is 13.2. The van der Waals surface area contributed by atoms with E-state index in [1.165, 1.54) is 61.2 Å². The molecular weight excluding hydrogens is 795 g/mol. The van der Waals surface area contributed by atoms with Crippen LogP contribution in [-0.4, -0.2) is 41.6 Å². The van der Waals surface area contributed by atoms with E-state index in [2.05, 4.69) is 121 Å². The van der Waals surface area contributed by atoms with Crippen molar-refractivity contribution in [3.8, 4) is 11.3 Å². The second kappa shape index (κ2) is 9.54. The van der Waals surface area contributed by atoms with Gasteiger partial charge in [0.15, 0.2) is 0 Å². The Labute approximate surface area is 259 Å². The molecule has 0 saturated heterocycles. The summed E-state index contributed by atoms with van der Waals surface area (Å²) in [5.41, 5.74) is 7.68. The van der Waals surface area contributed by atoms with Gasteiger partial charge in [-0.05, 0) is 0 Å². The third-order valence-electron chi connectivity index (χ3n) is 8.01. The number of nitrogens with zero attached hydrogens (tertiary/aromatic N) is 1. The Bertz CT molecular complexity index is 2050. The zero-order valence-corrected chi connectivity index (χ0v) is 27.0. The predicted molar refractivity (Wildman–Crippen MR) is 169 cm³/mol. The van der Waals surface area contributed by atoms with Crippen LogP contribution in [0.1, 0.15) is 0 Å². The number of para-hydroxylation sites is 1. The van der Waals surface area contributed by atoms with Crippen molar-refractivity contribution < 1.29 is 20.1 Å². The van der Waals surface area contributed by atoms with Gasteiger partial charge in [0.2, 0.25) is 0 Å². The molecule has 7 aromatic rings. The molecule has 0 unspecified atom stereocenters. The molecule has 2 aliphatic heterocycles. The monoisotopic (exact) mass is 817 g/mol. The van der Waals surface area contributed by atoms with Crippen LogP contribution < -0.4 is 34.2 Å². The zero-order chi connectivity index (χ0) is 25.5. The molecule has 0 saturated carbocycles. The van der Waals surface area contributed by atoms with Gasteiger partial charge in [0.25, 0.3) is 0 Å². The van der Waals surface area contributed by atoms with Crippen molar-refractivity contribution >= 4 is 103 Å². The molecule has 9 rings (SSSR count). The first-order chi connectivity index (χ1) is 19.3. The van der Waals surface area contributed by atoms with Crippen molar-refractivity contribution in [2.45, 2.75) is 0 Å². The van der Waals surface area contributed by atoms with Crippen LogP contribution in [0.15, 0.2) is 115 Å². The van der Waals surface area contributed by atoms with Gasteiger partial charge < -0.3 is 0 Å². The molecule has 3 heterocycles. The van der Waals surface area contributed by atoms with E-state index in [1.54, 1.807) is 0 Å². The minimum absolute atomic E-state index is 0. The summed E-state index contributed by atoms with van der Waals surface area (Å²) in [7, 11) is 0. The molecule has 1 aromatic heterocycles. The molecule has 0 fully saturated rings. The van der Waals surface area contributed by atoms with E-state index in [0.29, 0.717) is 0 Å². The van der Waals surface area contributed by atoms with Crippen LogP contribution in [0.4, 0.5) is 0 Å². The Morgan fingerprint density at radius 2 is 1.12 bits per heavy atom. The normalized spacial score (nSPS) is 13.1. The molecule has 189 valence electrons. The second-order valence-electron chi connectivity index (χ2n) is 10.3. The number of rotatable bonds is 1. The van der Waals surface area contributed by atoms with E-state index in [0.717, 1.165) is 16.8 Å². The molecule has 2 aliphatic rings. The quantitative estimate of drug-likeness (QED) is 0.184. The Morgan fingerprint density at radius 1 is 0.550 bits per heavy atom. The van der Waals surface area contributed by atoms with E-state index in [4.69, 9.17) is 4.98 Å². The summed E-state index contributed by atoms with van der Waals surface area (Å²) in [5, 5.41) is 6.50. The van der Waals surface area contributed by atoms with Crippen LogP contribution in [0.2, 0.25) is 0 Å². The van der Waals surface area contributed by atoms with Gasteiger partial charge in [0.05, 0.1) is 0 Å². The van der Waals surface area contributed by atoms with Crippen molar-refractivity contribution in [3.63, 3.8) is 0 Å². The average Bonchev–Trinajstić information content (AvgIpc) is 2.98. The Kier molecular flexibility index (Phi) is 5.91. The minimum atomic E-state index is 0. The van der Waals surface area contributed by atoms with Crippen LogP contribution in [0, 0.1) is 6.07 Å². The Balaban J connectivity index is 0.00000245. The van der Waals surface area contributed by atoms with Crippen molar-refractivity contribution in [1.29, 1.82) is 0 Å². The average molecular weight is 814 g/mol. The standard InChI is InChI=1S/C35H19BNSe2.Ir/c1-3-10-24-17-31-27(15-22(24)8-1)36-28-16-23-9-2-4-11-25(23)18-32(28)39-34-20-26(19-33(38-31)35(34)36)30-14-13-21-7-5-6-12-29(21)37-30;/h1-19H;/q-1;. The summed E-state index contributed by atoms with van der Waals surface area (Å²) in [6.45, 7) is 0.260. The van der Waals surface area contributed by atoms with Crippen LogP contribution in [-0.2, 0) is 20.1 Å². The SMILES string of the molecule is [Ir].[c-]1c(-c2ccc3ccccc3n2)cc2c3c1[Se]c1cc4ccccc4cc1B3c1cc3ccccc3cc1[Se]2. The summed E-state index contributed by atoms with van der Waals surface area (Å²) in [6, 6.07) is 46.5. The molecule has 1 radical (unpaired) electrons. The van der Waals surface area contributed by atoms with Gasteiger partial charge >= 0.3 is 241 Å². The molecule has 6 aromatic carbocycles. The van der Waals surface area contributed by atoms with Gasteiger partial charge in [0, 0.05) is 20.1 Å². The van der Waals surface area contributed by atoms with E-state index in [9.17, 15) is 0 Å². The number of fused-ring (bicyclic) bond motifs is 7. The van der Waals surface area contributed by atoms with Gasteiger partial charge in [-0.25, -0.2) is 0 Å². The molecule has 0 atom stereocenters. The molecule has 0 bridgehead atoms. The third kappa shape index (κ3) is 3.81. The van der Waals surface area contributed by atoms with Crippen molar-refractivity contribution in [1.82, 2.24) is 4.98 Å². The molecule has 0 spiro atoms. The molecule has 0 N–H and O–H groups in total. The van der Waals surface area contributed by atoms with Gasteiger partial charge in [0.1, 0.15) is 0 Å². The summed E-state index contributed by atoms with van der Waals surface area (Å²) >= 11 is 0.419. The number of pyridine rings is 1. The molecule has 1 nitrogen and oxygen atoms in total. The topological polar surface area (TPSA) is 12.9 Å². The van der Waals surface area contributed by atoms with Gasteiger partial charge in [-0.15, -0.1) is 0 Å². The molecular formula is C35H19BIrNSe2-. The van der Waals surface area contributed by atoms with Crippen LogP contribution >= 0.6 is 0 Å². The van der Waals surface area contributed by atoms with Gasteiger partial charge in [-0.3, -0.25) is 0 Å². The molecule has 40 heavy (non-hydrogen) atoms. The van der Waals surface area contributed by atoms with E-state index in [1.807, 2.05) is 0 Å². The van der Waals surface area contributed by atoms with Crippen LogP contribution in [0.5, 0.6) is 0 Å². The van der Waals surface area contributed by atoms with Gasteiger partial charge in [-0.1, -0.05) is 0 Å². The first-order valence-corrected chi connectivity index (χ1v) is 16.6. The van der Waals surface area contributed by atoms with E-state index in [-0.39, 0.29) is 56.7 Å². The Hall–Kier alpha value is -3.00. The number of aromatic nitrogens is 1. The fourth-order valence-electron chi connectivity index (χ4n) is 6.15. The van der Waals surface area contributed by atoms with E-state index < -0.39 is 0 Å². The maximum absolute atomic E-state index is 5.06. The number of benzene rings is 6. The summed E-state index contributed by atoms with van der Waals surface area (Å²) < 4.78 is 5.88. The summed E-state index contributed by atoms with van der Waals surface area (Å²) in [5.74, 6) is 0. The zero-order valence-electron chi connectivity index (χ0n) is 21.1. The second-order valence-corrected chi connectivity index (χ2v) is 14.8. The maximum atomic E-state index is 5.06. The summed E-state index contributed by atoms with van der Waals surface area (Å²) in [4.78, 5) is 5.06. The summed E-state index contributed by atoms with van der Waals surface area (Å²) in [6.07, 6.45) is 0. The molecule has 5 heteroatoms. The van der Waals surface area contributed by atoms with Crippen molar-refractivity contribution in [2.75, 3.05) is 0 Å². The fraction of sp³-hybridized carbons (Fsp3) is 0. The van der Waals surface area contributed by atoms with Crippen LogP contribution in [0.25, 0.3) is 43.7 Å². The molecule has 0 aliphatic carbocycles. The number of hydrogen-bond donors (Lipinski definition) is 0. The predicted octanol–water partition coefficient (Wildman–Crippen LogP) is 2.46. The van der Waals surface area contributed by atoms with E-state index >= 15 is 0 Å². The third-order valence-corrected chi connectivity index (χ3v) is 12.7. The van der Waals surface area contributed by atoms with Gasteiger partial charge in [-0.2, -0.15) is 0 Å². The Morgan fingerprint density at radius 3 is 1.80 bits per heavy atom. The van der Waals surface area contributed by atoms with Crippen molar-refractivity contribution in [3.05, 3.63) is 121 Å². The van der Waals surface area contributed by atoms with Crippen molar-refractivity contribution in [2.24, 2.45) is 0 Å². The first kappa shape index (κ1) is 24.8. The number of hydrogen-bond acceptors (Lipinski definition) is 1. The fourth-order valence-corrected chi connectivity index (χ4v) is 11.6. The molecule has 0 amide bonds.